The van der Waals surface area contributed by atoms with Crippen molar-refractivity contribution in [1.29, 1.82) is 0 Å². The van der Waals surface area contributed by atoms with Gasteiger partial charge < -0.3 is 37.8 Å². The third kappa shape index (κ3) is 9.19. The van der Waals surface area contributed by atoms with Crippen molar-refractivity contribution in [3.8, 4) is 0 Å². The molecular weight excluding hydrogens is 440 g/mol. The zero-order chi connectivity index (χ0) is 25.7. The Morgan fingerprint density at radius 2 is 1.65 bits per heavy atom. The Morgan fingerprint density at radius 1 is 1.03 bits per heavy atom. The van der Waals surface area contributed by atoms with Crippen LogP contribution in [0.3, 0.4) is 0 Å². The lowest BCUT2D eigenvalue weighted by molar-refractivity contribution is -0.143. The van der Waals surface area contributed by atoms with Crippen LogP contribution >= 0.6 is 0 Å². The molecule has 3 amide bonds. The summed E-state index contributed by atoms with van der Waals surface area (Å²) < 4.78 is 0. The first kappa shape index (κ1) is 29.8. The normalized spacial score (nSPS) is 19.2. The van der Waals surface area contributed by atoms with Crippen molar-refractivity contribution in [2.75, 3.05) is 19.6 Å². The molecule has 5 unspecified atom stereocenters. The summed E-state index contributed by atoms with van der Waals surface area (Å²) in [6, 6.07) is -3.37. The zero-order valence-corrected chi connectivity index (χ0v) is 20.6. The summed E-state index contributed by atoms with van der Waals surface area (Å²) in [5.41, 5.74) is 17.0. The number of aliphatic carboxylic acids is 1. The number of rotatable bonds is 16. The van der Waals surface area contributed by atoms with Gasteiger partial charge in [0.15, 0.2) is 0 Å². The van der Waals surface area contributed by atoms with E-state index < -0.39 is 42.0 Å². The molecule has 0 aromatic heterocycles. The largest absolute Gasteiger partial charge is 0.480 e. The summed E-state index contributed by atoms with van der Waals surface area (Å²) in [7, 11) is 0. The van der Waals surface area contributed by atoms with E-state index in [0.29, 0.717) is 58.2 Å². The second kappa shape index (κ2) is 15.6. The Kier molecular flexibility index (Phi) is 13.7. The average molecular weight is 485 g/mol. The number of nitrogens with two attached hydrogens (primary N) is 3. The molecule has 1 aliphatic heterocycles. The number of likely N-dealkylation sites (tertiary alicyclic amines) is 1. The van der Waals surface area contributed by atoms with E-state index >= 15 is 0 Å². The molecule has 34 heavy (non-hydrogen) atoms. The van der Waals surface area contributed by atoms with E-state index in [9.17, 15) is 24.3 Å². The van der Waals surface area contributed by atoms with E-state index in [-0.39, 0.29) is 18.2 Å². The number of amides is 3. The van der Waals surface area contributed by atoms with Crippen LogP contribution in [0.25, 0.3) is 0 Å². The molecule has 0 saturated carbocycles. The fourth-order valence-electron chi connectivity index (χ4n) is 4.11. The second-order valence-corrected chi connectivity index (χ2v) is 9.14. The first-order chi connectivity index (χ1) is 16.2. The summed E-state index contributed by atoms with van der Waals surface area (Å²) in [6.45, 7) is 5.12. The molecule has 1 fully saturated rings. The number of carboxylic acid groups (broad SMARTS) is 1. The summed E-state index contributed by atoms with van der Waals surface area (Å²) in [4.78, 5) is 52.1. The van der Waals surface area contributed by atoms with E-state index in [1.54, 1.807) is 0 Å². The van der Waals surface area contributed by atoms with Crippen molar-refractivity contribution in [3.63, 3.8) is 0 Å². The summed E-state index contributed by atoms with van der Waals surface area (Å²) in [5.74, 6) is -2.60. The van der Waals surface area contributed by atoms with Gasteiger partial charge in [0.05, 0.1) is 6.04 Å². The Labute approximate surface area is 202 Å². The number of nitrogens with zero attached hydrogens (tertiary/aromatic N) is 1. The maximum Gasteiger partial charge on any atom is 0.326 e. The molecule has 5 atom stereocenters. The minimum Gasteiger partial charge on any atom is -0.480 e. The van der Waals surface area contributed by atoms with Crippen LogP contribution in [-0.4, -0.2) is 77.5 Å². The van der Waals surface area contributed by atoms with Gasteiger partial charge in [0, 0.05) is 6.54 Å². The molecule has 1 heterocycles. The molecular formula is C23H44N6O5. The van der Waals surface area contributed by atoms with Crippen molar-refractivity contribution < 1.29 is 24.3 Å². The molecule has 1 aliphatic rings. The summed E-state index contributed by atoms with van der Waals surface area (Å²) in [5, 5.41) is 14.8. The van der Waals surface area contributed by atoms with E-state index in [1.165, 1.54) is 4.90 Å². The molecule has 11 nitrogen and oxygen atoms in total. The monoisotopic (exact) mass is 484 g/mol. The van der Waals surface area contributed by atoms with E-state index in [0.717, 1.165) is 12.8 Å². The number of carbonyl (C=O) groups excluding carboxylic acids is 3. The highest BCUT2D eigenvalue weighted by molar-refractivity contribution is 5.94. The van der Waals surface area contributed by atoms with Gasteiger partial charge in [-0.1, -0.05) is 26.7 Å². The Bertz CT molecular complexity index is 676. The van der Waals surface area contributed by atoms with Crippen LogP contribution in [0.1, 0.15) is 71.6 Å². The lowest BCUT2D eigenvalue weighted by atomic mass is 9.97. The van der Waals surface area contributed by atoms with Crippen LogP contribution in [0.15, 0.2) is 0 Å². The van der Waals surface area contributed by atoms with Crippen LogP contribution < -0.4 is 27.8 Å². The van der Waals surface area contributed by atoms with Gasteiger partial charge in [-0.15, -0.1) is 0 Å². The van der Waals surface area contributed by atoms with Gasteiger partial charge in [0.2, 0.25) is 17.7 Å². The molecule has 1 saturated heterocycles. The lowest BCUT2D eigenvalue weighted by Gasteiger charge is -2.30. The van der Waals surface area contributed by atoms with Crippen molar-refractivity contribution in [1.82, 2.24) is 15.5 Å². The Hall–Kier alpha value is -2.24. The molecule has 1 rings (SSSR count). The molecule has 196 valence electrons. The van der Waals surface area contributed by atoms with Gasteiger partial charge >= 0.3 is 5.97 Å². The number of nitrogens with one attached hydrogen (secondary N) is 2. The molecule has 0 spiro atoms. The second-order valence-electron chi connectivity index (χ2n) is 9.14. The third-order valence-corrected chi connectivity index (χ3v) is 6.48. The highest BCUT2D eigenvalue weighted by Gasteiger charge is 2.38. The minimum absolute atomic E-state index is 0.230. The molecule has 0 bridgehead atoms. The number of carbonyl (C=O) groups is 4. The van der Waals surface area contributed by atoms with Crippen LogP contribution in [0.5, 0.6) is 0 Å². The van der Waals surface area contributed by atoms with Crippen LogP contribution in [-0.2, 0) is 19.2 Å². The highest BCUT2D eigenvalue weighted by Crippen LogP contribution is 2.20. The first-order valence-corrected chi connectivity index (χ1v) is 12.5. The fraction of sp³-hybridized carbons (Fsp3) is 0.826. The van der Waals surface area contributed by atoms with E-state index in [2.05, 4.69) is 10.6 Å². The Morgan fingerprint density at radius 3 is 2.21 bits per heavy atom. The quantitative estimate of drug-likeness (QED) is 0.160. The highest BCUT2D eigenvalue weighted by atomic mass is 16.4. The van der Waals surface area contributed by atoms with Gasteiger partial charge in [-0.05, 0) is 64.0 Å². The number of carboxylic acids is 1. The fourth-order valence-corrected chi connectivity index (χ4v) is 4.11. The molecule has 0 aliphatic carbocycles. The number of unbranched alkanes of at least 4 members (excludes halogenated alkanes) is 2. The summed E-state index contributed by atoms with van der Waals surface area (Å²) >= 11 is 0. The van der Waals surface area contributed by atoms with E-state index in [4.69, 9.17) is 17.2 Å². The van der Waals surface area contributed by atoms with Crippen LogP contribution in [0.2, 0.25) is 0 Å². The predicted octanol–water partition coefficient (Wildman–Crippen LogP) is -0.337. The smallest absolute Gasteiger partial charge is 0.326 e. The number of hydrogen-bond donors (Lipinski definition) is 6. The lowest BCUT2D eigenvalue weighted by Crippen LogP contribution is -2.58. The molecule has 0 aromatic carbocycles. The molecule has 11 heteroatoms. The van der Waals surface area contributed by atoms with E-state index in [1.807, 2.05) is 13.8 Å². The SMILES string of the molecule is CCC(C)C(NC(=O)C1CCCN1C(=O)C(N)CCCCN)C(=O)NC(CCCCN)C(=O)O. The topological polar surface area (TPSA) is 194 Å². The summed E-state index contributed by atoms with van der Waals surface area (Å²) in [6.07, 6.45) is 5.25. The predicted molar refractivity (Wildman–Crippen MR) is 129 cm³/mol. The van der Waals surface area contributed by atoms with Gasteiger partial charge in [0.1, 0.15) is 18.1 Å². The first-order valence-electron chi connectivity index (χ1n) is 12.5. The van der Waals surface area contributed by atoms with Gasteiger partial charge in [-0.3, -0.25) is 14.4 Å². The van der Waals surface area contributed by atoms with Gasteiger partial charge in [-0.25, -0.2) is 4.79 Å². The van der Waals surface area contributed by atoms with Crippen molar-refractivity contribution >= 4 is 23.7 Å². The maximum absolute atomic E-state index is 13.1. The van der Waals surface area contributed by atoms with Crippen molar-refractivity contribution in [2.45, 2.75) is 95.8 Å². The molecule has 0 radical (unpaired) electrons. The van der Waals surface area contributed by atoms with Gasteiger partial charge in [0.25, 0.3) is 0 Å². The molecule has 0 aromatic rings. The minimum atomic E-state index is -1.13. The third-order valence-electron chi connectivity index (χ3n) is 6.48. The molecule has 9 N–H and O–H groups in total. The average Bonchev–Trinajstić information content (AvgIpc) is 3.30. The van der Waals surface area contributed by atoms with Crippen molar-refractivity contribution in [2.24, 2.45) is 23.1 Å². The Balaban J connectivity index is 2.86. The standard InChI is InChI=1S/C23H44N6O5/c1-3-15(2)19(21(31)27-17(23(33)34)10-5-7-13-25)28-20(30)18-11-8-14-29(18)22(32)16(26)9-4-6-12-24/h15-19H,3-14,24-26H2,1-2H3,(H,27,31)(H,28,30)(H,33,34). The van der Waals surface area contributed by atoms with Crippen molar-refractivity contribution in [3.05, 3.63) is 0 Å². The van der Waals surface area contributed by atoms with Crippen LogP contribution in [0, 0.1) is 5.92 Å². The maximum atomic E-state index is 13.1. The van der Waals surface area contributed by atoms with Gasteiger partial charge in [-0.2, -0.15) is 0 Å². The zero-order valence-electron chi connectivity index (χ0n) is 20.6. The van der Waals surface area contributed by atoms with Crippen LogP contribution in [0.4, 0.5) is 0 Å². The number of hydrogen-bond acceptors (Lipinski definition) is 7.